The molecule has 0 aromatic heterocycles. The van der Waals surface area contributed by atoms with E-state index in [4.69, 9.17) is 0 Å². The number of amides is 1. The molecule has 3 heteroatoms. The Balaban J connectivity index is 1.80. The predicted molar refractivity (Wildman–Crippen MR) is 83.7 cm³/mol. The van der Waals surface area contributed by atoms with Crippen LogP contribution < -0.4 is 10.6 Å². The van der Waals surface area contributed by atoms with Gasteiger partial charge in [0.2, 0.25) is 5.91 Å². The normalized spacial score (nSPS) is 24.6. The highest BCUT2D eigenvalue weighted by molar-refractivity contribution is 5.77. The van der Waals surface area contributed by atoms with Crippen LogP contribution in [0.4, 0.5) is 0 Å². The summed E-state index contributed by atoms with van der Waals surface area (Å²) < 4.78 is 0. The maximum Gasteiger partial charge on any atom is 0.222 e. The second-order valence-electron chi connectivity index (χ2n) is 6.88. The molecule has 2 saturated carbocycles. The molecule has 0 unspecified atom stereocenters. The highest BCUT2D eigenvalue weighted by Crippen LogP contribution is 2.30. The topological polar surface area (TPSA) is 41.1 Å². The quantitative estimate of drug-likeness (QED) is 0.827. The van der Waals surface area contributed by atoms with Gasteiger partial charge < -0.3 is 10.6 Å². The summed E-state index contributed by atoms with van der Waals surface area (Å²) in [6, 6.07) is 0.431. The minimum Gasteiger partial charge on any atom is -0.353 e. The number of carbonyl (C=O) groups excluding carboxylic acids is 1. The molecular weight excluding hydrogens is 248 g/mol. The van der Waals surface area contributed by atoms with Crippen LogP contribution in [-0.4, -0.2) is 24.5 Å². The van der Waals surface area contributed by atoms with Crippen LogP contribution in [-0.2, 0) is 4.79 Å². The molecule has 0 aromatic rings. The van der Waals surface area contributed by atoms with Crippen LogP contribution in [0.2, 0.25) is 0 Å². The summed E-state index contributed by atoms with van der Waals surface area (Å²) in [6.45, 7) is 0. The summed E-state index contributed by atoms with van der Waals surface area (Å²) in [7, 11) is 2.02. The van der Waals surface area contributed by atoms with Crippen molar-refractivity contribution in [3.05, 3.63) is 0 Å². The molecule has 3 nitrogen and oxygen atoms in total. The molecule has 0 radical (unpaired) electrons. The summed E-state index contributed by atoms with van der Waals surface area (Å²) in [5.74, 6) is 0.270. The lowest BCUT2D eigenvalue weighted by atomic mass is 9.79. The zero-order valence-electron chi connectivity index (χ0n) is 13.2. The van der Waals surface area contributed by atoms with Gasteiger partial charge in [0.25, 0.3) is 0 Å². The van der Waals surface area contributed by atoms with Gasteiger partial charge in [-0.25, -0.2) is 0 Å². The van der Waals surface area contributed by atoms with Crippen molar-refractivity contribution in [1.82, 2.24) is 10.6 Å². The van der Waals surface area contributed by atoms with E-state index in [9.17, 15) is 4.79 Å². The minimum absolute atomic E-state index is 0.0734. The maximum atomic E-state index is 12.4. The molecular formula is C17H32N2O. The molecule has 0 bridgehead atoms. The third-order valence-electron chi connectivity index (χ3n) is 5.31. The Labute approximate surface area is 124 Å². The third kappa shape index (κ3) is 4.76. The van der Waals surface area contributed by atoms with Crippen LogP contribution in [0.15, 0.2) is 0 Å². The standard InChI is InChI=1S/C17H32N2O/c1-18-17(12-8-5-9-13-17)14-16(20)19-15-10-6-3-2-4-7-11-15/h15,18H,2-14H2,1H3,(H,19,20). The van der Waals surface area contributed by atoms with Gasteiger partial charge in [0, 0.05) is 18.0 Å². The van der Waals surface area contributed by atoms with Crippen LogP contribution in [0.3, 0.4) is 0 Å². The molecule has 116 valence electrons. The Bertz CT molecular complexity index is 289. The molecule has 0 atom stereocenters. The van der Waals surface area contributed by atoms with Gasteiger partial charge in [-0.1, -0.05) is 51.4 Å². The Morgan fingerprint density at radius 3 is 2.10 bits per heavy atom. The number of rotatable bonds is 4. The van der Waals surface area contributed by atoms with Crippen LogP contribution in [0.5, 0.6) is 0 Å². The van der Waals surface area contributed by atoms with Crippen molar-refractivity contribution < 1.29 is 4.79 Å². The second kappa shape index (κ2) is 8.02. The van der Waals surface area contributed by atoms with E-state index in [0.29, 0.717) is 12.5 Å². The summed E-state index contributed by atoms with van der Waals surface area (Å²) in [5, 5.41) is 6.76. The number of nitrogens with one attached hydrogen (secondary N) is 2. The molecule has 2 rings (SSSR count). The first kappa shape index (κ1) is 15.8. The maximum absolute atomic E-state index is 12.4. The predicted octanol–water partition coefficient (Wildman–Crippen LogP) is 3.53. The number of hydrogen-bond donors (Lipinski definition) is 2. The second-order valence-corrected chi connectivity index (χ2v) is 6.88. The molecule has 2 aliphatic rings. The SMILES string of the molecule is CNC1(CC(=O)NC2CCCCCCC2)CCCCC1. The average Bonchev–Trinajstić information content (AvgIpc) is 2.42. The van der Waals surface area contributed by atoms with Crippen molar-refractivity contribution >= 4 is 5.91 Å². The van der Waals surface area contributed by atoms with Crippen LogP contribution in [0, 0.1) is 0 Å². The van der Waals surface area contributed by atoms with Crippen LogP contribution >= 0.6 is 0 Å². The Hall–Kier alpha value is -0.570. The highest BCUT2D eigenvalue weighted by atomic mass is 16.1. The zero-order chi connectivity index (χ0) is 14.3. The van der Waals surface area contributed by atoms with Crippen molar-refractivity contribution in [1.29, 1.82) is 0 Å². The van der Waals surface area contributed by atoms with Gasteiger partial charge in [0.05, 0.1) is 0 Å². The minimum atomic E-state index is 0.0734. The average molecular weight is 280 g/mol. The van der Waals surface area contributed by atoms with E-state index < -0.39 is 0 Å². The molecule has 2 fully saturated rings. The van der Waals surface area contributed by atoms with Crippen molar-refractivity contribution in [3.63, 3.8) is 0 Å². The smallest absolute Gasteiger partial charge is 0.222 e. The molecule has 0 saturated heterocycles. The Morgan fingerprint density at radius 1 is 0.950 bits per heavy atom. The lowest BCUT2D eigenvalue weighted by Gasteiger charge is -2.37. The summed E-state index contributed by atoms with van der Waals surface area (Å²) >= 11 is 0. The summed E-state index contributed by atoms with van der Waals surface area (Å²) in [4.78, 5) is 12.4. The molecule has 0 aliphatic heterocycles. The highest BCUT2D eigenvalue weighted by Gasteiger charge is 2.33. The van der Waals surface area contributed by atoms with Gasteiger partial charge in [-0.2, -0.15) is 0 Å². The Kier molecular flexibility index (Phi) is 6.34. The van der Waals surface area contributed by atoms with Gasteiger partial charge in [0.1, 0.15) is 0 Å². The van der Waals surface area contributed by atoms with Crippen molar-refractivity contribution in [2.24, 2.45) is 0 Å². The van der Waals surface area contributed by atoms with E-state index in [1.165, 1.54) is 64.2 Å². The number of carbonyl (C=O) groups is 1. The molecule has 0 aromatic carbocycles. The van der Waals surface area contributed by atoms with E-state index in [-0.39, 0.29) is 11.4 Å². The lowest BCUT2D eigenvalue weighted by molar-refractivity contribution is -0.123. The first-order chi connectivity index (χ1) is 9.74. The van der Waals surface area contributed by atoms with Crippen LogP contribution in [0.25, 0.3) is 0 Å². The van der Waals surface area contributed by atoms with Gasteiger partial charge in [-0.05, 0) is 32.7 Å². The van der Waals surface area contributed by atoms with Gasteiger partial charge in [0.15, 0.2) is 0 Å². The zero-order valence-corrected chi connectivity index (χ0v) is 13.2. The molecule has 20 heavy (non-hydrogen) atoms. The number of hydrogen-bond acceptors (Lipinski definition) is 2. The molecule has 0 spiro atoms. The monoisotopic (exact) mass is 280 g/mol. The summed E-state index contributed by atoms with van der Waals surface area (Å²) in [6.07, 6.45) is 15.8. The fourth-order valence-electron chi connectivity index (χ4n) is 3.93. The first-order valence-corrected chi connectivity index (χ1v) is 8.72. The Morgan fingerprint density at radius 2 is 1.50 bits per heavy atom. The molecule has 2 N–H and O–H groups in total. The largest absolute Gasteiger partial charge is 0.353 e. The van der Waals surface area contributed by atoms with E-state index >= 15 is 0 Å². The third-order valence-corrected chi connectivity index (χ3v) is 5.31. The van der Waals surface area contributed by atoms with Crippen molar-refractivity contribution in [2.75, 3.05) is 7.05 Å². The lowest BCUT2D eigenvalue weighted by Crippen LogP contribution is -2.49. The van der Waals surface area contributed by atoms with Crippen LogP contribution in [0.1, 0.15) is 83.5 Å². The first-order valence-electron chi connectivity index (χ1n) is 8.72. The molecule has 0 heterocycles. The van der Waals surface area contributed by atoms with E-state index in [1.54, 1.807) is 0 Å². The van der Waals surface area contributed by atoms with E-state index in [1.807, 2.05) is 7.05 Å². The van der Waals surface area contributed by atoms with Crippen molar-refractivity contribution in [2.45, 2.75) is 95.1 Å². The van der Waals surface area contributed by atoms with E-state index in [2.05, 4.69) is 10.6 Å². The van der Waals surface area contributed by atoms with Gasteiger partial charge in [-0.3, -0.25) is 4.79 Å². The van der Waals surface area contributed by atoms with Crippen molar-refractivity contribution in [3.8, 4) is 0 Å². The summed E-state index contributed by atoms with van der Waals surface area (Å²) in [5.41, 5.74) is 0.0734. The van der Waals surface area contributed by atoms with E-state index in [0.717, 1.165) is 12.8 Å². The fraction of sp³-hybridized carbons (Fsp3) is 0.941. The van der Waals surface area contributed by atoms with Gasteiger partial charge in [-0.15, -0.1) is 0 Å². The molecule has 2 aliphatic carbocycles. The fourth-order valence-corrected chi connectivity index (χ4v) is 3.93. The van der Waals surface area contributed by atoms with Gasteiger partial charge >= 0.3 is 0 Å². The molecule has 1 amide bonds.